The minimum atomic E-state index is -1.28. The molecule has 1 aromatic rings. The quantitative estimate of drug-likeness (QED) is 0.709. The third-order valence-corrected chi connectivity index (χ3v) is 5.01. The number of fused-ring (bicyclic) bond motifs is 1. The van der Waals surface area contributed by atoms with Crippen LogP contribution >= 0.6 is 15.9 Å². The van der Waals surface area contributed by atoms with E-state index in [1.807, 2.05) is 39.0 Å². The minimum Gasteiger partial charge on any atom is -0.591 e. The summed E-state index contributed by atoms with van der Waals surface area (Å²) in [5.74, 6) is 0.803. The van der Waals surface area contributed by atoms with Crippen LogP contribution in [0.4, 0.5) is 0 Å². The van der Waals surface area contributed by atoms with Crippen molar-refractivity contribution < 1.29 is 9.29 Å². The summed E-state index contributed by atoms with van der Waals surface area (Å²) in [4.78, 5) is 0. The first kappa shape index (κ1) is 15.9. The summed E-state index contributed by atoms with van der Waals surface area (Å²) in [6.07, 6.45) is 0. The van der Waals surface area contributed by atoms with Gasteiger partial charge in [0, 0.05) is 15.5 Å². The van der Waals surface area contributed by atoms with Gasteiger partial charge in [0.25, 0.3) is 0 Å². The number of hydrogen-bond donors (Lipinski definition) is 0. The molecule has 0 saturated carbocycles. The molecule has 1 unspecified atom stereocenters. The zero-order chi connectivity index (χ0) is 15.1. The topological polar surface area (TPSA) is 44.6 Å². The van der Waals surface area contributed by atoms with Crippen LogP contribution in [0.3, 0.4) is 0 Å². The summed E-state index contributed by atoms with van der Waals surface area (Å²) in [5.41, 5.74) is 1.52. The van der Waals surface area contributed by atoms with Crippen LogP contribution in [0, 0.1) is 5.41 Å². The van der Waals surface area contributed by atoms with Crippen LogP contribution in [-0.2, 0) is 11.4 Å². The van der Waals surface area contributed by atoms with Gasteiger partial charge in [0.2, 0.25) is 0 Å². The maximum absolute atomic E-state index is 12.4. The van der Waals surface area contributed by atoms with E-state index < -0.39 is 11.4 Å². The molecule has 3 nitrogen and oxygen atoms in total. The van der Waals surface area contributed by atoms with Crippen molar-refractivity contribution in [3.05, 3.63) is 28.2 Å². The maximum Gasteiger partial charge on any atom is 0.144 e. The molecular weight excluding hydrogens is 338 g/mol. The molecule has 1 aliphatic heterocycles. The van der Waals surface area contributed by atoms with Gasteiger partial charge in [-0.3, -0.25) is 0 Å². The van der Waals surface area contributed by atoms with Crippen molar-refractivity contribution in [2.75, 3.05) is 6.61 Å². The Morgan fingerprint density at radius 3 is 2.60 bits per heavy atom. The van der Waals surface area contributed by atoms with E-state index in [9.17, 15) is 4.55 Å². The summed E-state index contributed by atoms with van der Waals surface area (Å²) >= 11 is 2.20. The normalized spacial score (nSPS) is 21.2. The molecule has 20 heavy (non-hydrogen) atoms. The van der Waals surface area contributed by atoms with E-state index in [2.05, 4.69) is 34.2 Å². The zero-order valence-electron chi connectivity index (χ0n) is 12.5. The van der Waals surface area contributed by atoms with Crippen molar-refractivity contribution in [3.63, 3.8) is 0 Å². The van der Waals surface area contributed by atoms with Crippen molar-refractivity contribution in [1.29, 1.82) is 0 Å². The summed E-state index contributed by atoms with van der Waals surface area (Å²) in [6.45, 7) is 10.5. The molecule has 0 spiro atoms. The molecule has 0 radical (unpaired) electrons. The third kappa shape index (κ3) is 3.21. The first-order valence-corrected chi connectivity index (χ1v) is 8.45. The van der Waals surface area contributed by atoms with Gasteiger partial charge < -0.3 is 9.29 Å². The van der Waals surface area contributed by atoms with E-state index in [4.69, 9.17) is 4.74 Å². The molecule has 0 N–H and O–H groups in total. The Kier molecular flexibility index (Phi) is 4.24. The van der Waals surface area contributed by atoms with E-state index in [1.165, 1.54) is 0 Å². The van der Waals surface area contributed by atoms with Gasteiger partial charge in [-0.2, -0.15) is 0 Å². The molecule has 0 amide bonds. The van der Waals surface area contributed by atoms with Crippen molar-refractivity contribution in [1.82, 2.24) is 0 Å². The minimum absolute atomic E-state index is 0.255. The number of ether oxygens (including phenoxy) is 1. The van der Waals surface area contributed by atoms with E-state index in [0.29, 0.717) is 6.61 Å². The second-order valence-electron chi connectivity index (χ2n) is 6.61. The van der Waals surface area contributed by atoms with E-state index in [-0.39, 0.29) is 10.2 Å². The highest BCUT2D eigenvalue weighted by atomic mass is 79.9. The number of hydrogen-bond acceptors (Lipinski definition) is 3. The third-order valence-electron chi connectivity index (χ3n) is 3.12. The molecule has 0 aromatic heterocycles. The summed E-state index contributed by atoms with van der Waals surface area (Å²) < 4.78 is 23.3. The number of nitrogens with zero attached hydrogens (tertiary/aromatic N) is 1. The predicted molar refractivity (Wildman–Crippen MR) is 87.9 cm³/mol. The van der Waals surface area contributed by atoms with Crippen LogP contribution < -0.4 is 4.74 Å². The Morgan fingerprint density at radius 2 is 2.00 bits per heavy atom. The van der Waals surface area contributed by atoms with Gasteiger partial charge in [-0.15, -0.1) is 0 Å². The van der Waals surface area contributed by atoms with Crippen LogP contribution in [0.5, 0.6) is 5.75 Å². The summed E-state index contributed by atoms with van der Waals surface area (Å²) in [6, 6.07) is 5.84. The van der Waals surface area contributed by atoms with Crippen LogP contribution in [0.25, 0.3) is 0 Å². The highest BCUT2D eigenvalue weighted by Crippen LogP contribution is 2.37. The average molecular weight is 358 g/mol. The molecule has 0 saturated heterocycles. The SMILES string of the molecule is CC1(C)COc2ccc(Br)cc2/C1=N/[S+]([O-])C(C)(C)C. The van der Waals surface area contributed by atoms with Gasteiger partial charge in [-0.05, 0) is 39.0 Å². The molecule has 1 aromatic carbocycles. The summed E-state index contributed by atoms with van der Waals surface area (Å²) in [5, 5.41) is 0. The number of benzene rings is 1. The zero-order valence-corrected chi connectivity index (χ0v) is 14.9. The van der Waals surface area contributed by atoms with E-state index in [1.54, 1.807) is 0 Å². The average Bonchev–Trinajstić information content (AvgIpc) is 2.31. The molecular formula is C15H20BrNO2S. The monoisotopic (exact) mass is 357 g/mol. The van der Waals surface area contributed by atoms with Gasteiger partial charge in [0.15, 0.2) is 0 Å². The Bertz CT molecular complexity index is 549. The van der Waals surface area contributed by atoms with E-state index >= 15 is 0 Å². The highest BCUT2D eigenvalue weighted by Gasteiger charge is 2.38. The first-order chi connectivity index (χ1) is 9.11. The van der Waals surface area contributed by atoms with Gasteiger partial charge in [0.05, 0.1) is 6.61 Å². The van der Waals surface area contributed by atoms with Gasteiger partial charge in [0.1, 0.15) is 27.6 Å². The molecule has 0 bridgehead atoms. The lowest BCUT2D eigenvalue weighted by Crippen LogP contribution is -2.38. The molecule has 0 fully saturated rings. The number of rotatable bonds is 1. The fourth-order valence-electron chi connectivity index (χ4n) is 1.90. The lowest BCUT2D eigenvalue weighted by molar-refractivity contribution is 0.224. The summed E-state index contributed by atoms with van der Waals surface area (Å²) in [7, 11) is 0. The van der Waals surface area contributed by atoms with Crippen molar-refractivity contribution in [3.8, 4) is 5.75 Å². The standard InChI is InChI=1S/C15H20BrNO2S/c1-14(2,3)20(18)17-13-11-8-10(16)6-7-12(11)19-9-15(13,4)5/h6-8H,9H2,1-5H3/b17-13-. The van der Waals surface area contributed by atoms with E-state index in [0.717, 1.165) is 21.5 Å². The largest absolute Gasteiger partial charge is 0.591 e. The molecule has 5 heteroatoms. The number of halogens is 1. The van der Waals surface area contributed by atoms with Crippen LogP contribution in [0.1, 0.15) is 40.2 Å². The molecule has 0 aliphatic carbocycles. The van der Waals surface area contributed by atoms with Crippen LogP contribution in [-0.4, -0.2) is 21.6 Å². The first-order valence-electron chi connectivity index (χ1n) is 6.55. The van der Waals surface area contributed by atoms with Gasteiger partial charge in [-0.1, -0.05) is 34.2 Å². The smallest absolute Gasteiger partial charge is 0.144 e. The predicted octanol–water partition coefficient (Wildman–Crippen LogP) is 4.12. The molecule has 1 aliphatic rings. The fraction of sp³-hybridized carbons (Fsp3) is 0.533. The fourth-order valence-corrected chi connectivity index (χ4v) is 3.04. The van der Waals surface area contributed by atoms with Gasteiger partial charge in [-0.25, -0.2) is 0 Å². The van der Waals surface area contributed by atoms with Crippen molar-refractivity contribution in [2.24, 2.45) is 9.81 Å². The lowest BCUT2D eigenvalue weighted by atomic mass is 9.82. The Hall–Kier alpha value is -0.520. The Morgan fingerprint density at radius 1 is 1.35 bits per heavy atom. The Balaban J connectivity index is 2.54. The second kappa shape index (κ2) is 5.35. The molecule has 1 heterocycles. The van der Waals surface area contributed by atoms with Crippen molar-refractivity contribution in [2.45, 2.75) is 39.4 Å². The highest BCUT2D eigenvalue weighted by molar-refractivity contribution is 9.10. The Labute approximate surface area is 132 Å². The molecule has 110 valence electrons. The van der Waals surface area contributed by atoms with Crippen molar-refractivity contribution >= 4 is 33.0 Å². The maximum atomic E-state index is 12.4. The van der Waals surface area contributed by atoms with Crippen LogP contribution in [0.2, 0.25) is 0 Å². The van der Waals surface area contributed by atoms with Crippen LogP contribution in [0.15, 0.2) is 27.1 Å². The second-order valence-corrected chi connectivity index (χ2v) is 9.44. The lowest BCUT2D eigenvalue weighted by Gasteiger charge is -2.33. The molecule has 2 rings (SSSR count). The van der Waals surface area contributed by atoms with Gasteiger partial charge >= 0.3 is 0 Å². The molecule has 1 atom stereocenters.